The van der Waals surface area contributed by atoms with Crippen LogP contribution in [0.15, 0.2) is 480 Å². The van der Waals surface area contributed by atoms with E-state index in [0.717, 1.165) is 156 Å². The van der Waals surface area contributed by atoms with Crippen molar-refractivity contribution >= 4 is 183 Å². The number of aromatic nitrogens is 3. The van der Waals surface area contributed by atoms with Crippen LogP contribution < -0.4 is 0 Å². The van der Waals surface area contributed by atoms with Crippen LogP contribution in [0.5, 0.6) is 0 Å². The lowest BCUT2D eigenvalue weighted by Gasteiger charge is -2.09. The summed E-state index contributed by atoms with van der Waals surface area (Å²) in [5, 5.41) is 17.2. The lowest BCUT2D eigenvalue weighted by Crippen LogP contribution is -1.92. The van der Waals surface area contributed by atoms with E-state index in [2.05, 4.69) is 481 Å². The highest BCUT2D eigenvalue weighted by molar-refractivity contribution is 7.27. The van der Waals surface area contributed by atoms with Gasteiger partial charge in [-0.25, -0.2) is 0 Å². The van der Waals surface area contributed by atoms with Gasteiger partial charge in [0.15, 0.2) is 16.7 Å². The largest absolute Gasteiger partial charge is 0.453 e. The van der Waals surface area contributed by atoms with Crippen molar-refractivity contribution in [1.82, 2.24) is 13.7 Å². The van der Waals surface area contributed by atoms with Crippen LogP contribution in [0, 0.1) is 0 Å². The molecule has 6 nitrogen and oxygen atoms in total. The van der Waals surface area contributed by atoms with Crippen molar-refractivity contribution < 1.29 is 13.3 Å². The topological polar surface area (TPSA) is 54.2 Å². The maximum absolute atomic E-state index is 6.79. The zero-order valence-corrected chi connectivity index (χ0v) is 75.7. The predicted molar refractivity (Wildman–Crippen MR) is 579 cm³/mol. The fourth-order valence-electron chi connectivity index (χ4n) is 22.0. The molecule has 0 spiro atoms. The average molecular weight is 1780 g/mol. The SMILES string of the molecule is c1ccc(-c2cccc3c2sc2cccc(-c4ccc(-c5cccc6c5oc5c7ccccc7n(-c7ccccc7)c65)cc4)c23)cc1.c1ccc(-n2c3ccccc3c3oc4c(-c5ccc(-c6ccc7c(c6)Cc6cc8ccccc8cc6-7)cc5)cccc4c32)cc1.c1ccc(-n2c3ccccc3c3oc4c(-c5ccc(-c6cccc7sc8c9ccccc9ccc8c67)cc5)cccc4c32)cc1. The first kappa shape index (κ1) is 78.3. The third-order valence-electron chi connectivity index (χ3n) is 28.2. The molecule has 30 rings (SSSR count). The minimum Gasteiger partial charge on any atom is -0.453 e. The van der Waals surface area contributed by atoms with E-state index in [1.807, 2.05) is 22.7 Å². The summed E-state index contributed by atoms with van der Waals surface area (Å²) < 4.78 is 32.6. The zero-order valence-electron chi connectivity index (χ0n) is 74.0. The fraction of sp³-hybridized carbons (Fsp3) is 0.00775. The highest BCUT2D eigenvalue weighted by Crippen LogP contribution is 2.52. The molecule has 0 fully saturated rings. The van der Waals surface area contributed by atoms with Crippen molar-refractivity contribution in [2.75, 3.05) is 0 Å². The molecular weight excluding hydrogens is 1700 g/mol. The molecule has 0 amide bonds. The van der Waals surface area contributed by atoms with Crippen LogP contribution >= 0.6 is 22.7 Å². The number of fused-ring (bicyclic) bond motifs is 27. The van der Waals surface area contributed by atoms with Crippen molar-refractivity contribution in [3.05, 3.63) is 478 Å². The standard InChI is InChI=1S/C44H27NOS.C43H27NO.C42H25NOS/c1-3-12-28(13-4-1)34-19-10-20-36-40-32(17-11-23-39(40)47-44(34)36)29-24-26-30(27-25-29)33-18-9-21-37-41-43(46-42(33)37)35-16-7-8-22-38(35)45(41)31-14-5-2-6-15-31;1-2-11-34(12-3-1)44-40-16-7-6-13-37(40)43-41(44)38-15-8-14-36(42(38)45-43)28-19-17-27(18-20-28)31-21-22-35-32(24-31)25-33-23-29-9-4-5-10-30(29)26-39(33)35;1-2-11-29(12-3-1)43-36-18-7-6-14-33(36)41-39(43)35-17-8-16-31(40(35)44-41)28-22-20-27(21-23-28)30-15-9-19-37-38(30)34-25-24-26-10-4-5-13-32(26)42(34)45-37/h1-27H;1-24,26H,25H2;1-25H. The summed E-state index contributed by atoms with van der Waals surface area (Å²) in [6.45, 7) is 0. The lowest BCUT2D eigenvalue weighted by molar-refractivity contribution is 0.673. The van der Waals surface area contributed by atoms with Gasteiger partial charge in [0, 0.05) is 106 Å². The summed E-state index contributed by atoms with van der Waals surface area (Å²) in [6, 6.07) is 168. The first-order valence-electron chi connectivity index (χ1n) is 46.8. The van der Waals surface area contributed by atoms with Crippen LogP contribution in [0.2, 0.25) is 0 Å². The van der Waals surface area contributed by atoms with Gasteiger partial charge in [0.2, 0.25) is 0 Å². The van der Waals surface area contributed by atoms with Gasteiger partial charge in [-0.3, -0.25) is 0 Å². The monoisotopic (exact) mass is 1780 g/mol. The molecule has 0 radical (unpaired) electrons. The van der Waals surface area contributed by atoms with Gasteiger partial charge in [0.1, 0.15) is 33.3 Å². The molecule has 29 aromatic rings. The summed E-state index contributed by atoms with van der Waals surface area (Å²) in [7, 11) is 0. The van der Waals surface area contributed by atoms with E-state index >= 15 is 0 Å². The number of hydrogen-bond donors (Lipinski definition) is 0. The average Bonchev–Trinajstić information content (AvgIpc) is 1.56. The summed E-state index contributed by atoms with van der Waals surface area (Å²) in [6.07, 6.45) is 0.982. The smallest absolute Gasteiger partial charge is 0.161 e. The number of thiophene rings is 2. The van der Waals surface area contributed by atoms with Gasteiger partial charge in [0.25, 0.3) is 0 Å². The molecule has 0 saturated heterocycles. The van der Waals surface area contributed by atoms with E-state index in [9.17, 15) is 0 Å². The number of nitrogens with zero attached hydrogens (tertiary/aromatic N) is 3. The number of furan rings is 3. The Morgan fingerprint density at radius 3 is 0.978 bits per heavy atom. The molecular formula is C129H79N3O3S2. The minimum atomic E-state index is 0.917. The molecule has 21 aromatic carbocycles. The van der Waals surface area contributed by atoms with Crippen molar-refractivity contribution in [3.8, 4) is 106 Å². The van der Waals surface area contributed by atoms with E-state index < -0.39 is 0 Å². The number of para-hydroxylation sites is 9. The molecule has 640 valence electrons. The van der Waals surface area contributed by atoms with Crippen molar-refractivity contribution in [3.63, 3.8) is 0 Å². The number of hydrogen-bond acceptors (Lipinski definition) is 5. The van der Waals surface area contributed by atoms with Gasteiger partial charge in [-0.15, -0.1) is 22.7 Å². The van der Waals surface area contributed by atoms with Crippen LogP contribution in [-0.4, -0.2) is 13.7 Å². The Hall–Kier alpha value is -17.4. The van der Waals surface area contributed by atoms with E-state index in [4.69, 9.17) is 13.3 Å². The number of benzene rings is 21. The second-order valence-corrected chi connectivity index (χ2v) is 38.0. The van der Waals surface area contributed by atoms with Crippen LogP contribution in [0.3, 0.4) is 0 Å². The molecule has 0 N–H and O–H groups in total. The molecule has 0 unspecified atom stereocenters. The Morgan fingerprint density at radius 2 is 0.511 bits per heavy atom. The first-order valence-corrected chi connectivity index (χ1v) is 48.4. The van der Waals surface area contributed by atoms with Crippen molar-refractivity contribution in [2.24, 2.45) is 0 Å². The van der Waals surface area contributed by atoms with Gasteiger partial charge in [-0.2, -0.15) is 0 Å². The maximum atomic E-state index is 6.79. The predicted octanol–water partition coefficient (Wildman–Crippen LogP) is 36.9. The van der Waals surface area contributed by atoms with Crippen molar-refractivity contribution in [2.45, 2.75) is 6.42 Å². The zero-order chi connectivity index (χ0) is 89.9. The quantitative estimate of drug-likeness (QED) is 0.137. The molecule has 0 aliphatic heterocycles. The summed E-state index contributed by atoms with van der Waals surface area (Å²) in [5.74, 6) is 0. The first-order chi connectivity index (χ1) is 68.0. The number of rotatable bonds is 10. The van der Waals surface area contributed by atoms with Gasteiger partial charge in [0.05, 0.1) is 16.6 Å². The summed E-state index contributed by atoms with van der Waals surface area (Å²) >= 11 is 3.77. The molecule has 8 heterocycles. The highest BCUT2D eigenvalue weighted by Gasteiger charge is 2.28. The van der Waals surface area contributed by atoms with Gasteiger partial charge >= 0.3 is 0 Å². The third-order valence-corrected chi connectivity index (χ3v) is 30.6. The second kappa shape index (κ2) is 31.7. The molecule has 0 atom stereocenters. The summed E-state index contributed by atoms with van der Waals surface area (Å²) in [4.78, 5) is 0. The Balaban J connectivity index is 0.000000102. The van der Waals surface area contributed by atoms with Crippen molar-refractivity contribution in [1.29, 1.82) is 0 Å². The van der Waals surface area contributed by atoms with E-state index in [1.165, 1.54) is 129 Å². The Morgan fingerprint density at radius 1 is 0.182 bits per heavy atom. The van der Waals surface area contributed by atoms with E-state index in [1.54, 1.807) is 0 Å². The molecule has 0 bridgehead atoms. The fourth-order valence-corrected chi connectivity index (χ4v) is 24.5. The Kier molecular flexibility index (Phi) is 18.1. The van der Waals surface area contributed by atoms with Crippen LogP contribution in [-0.2, 0) is 6.42 Å². The van der Waals surface area contributed by atoms with E-state index in [-0.39, 0.29) is 0 Å². The Bertz CT molecular complexity index is 9920. The lowest BCUT2D eigenvalue weighted by atomic mass is 9.95. The van der Waals surface area contributed by atoms with Gasteiger partial charge < -0.3 is 27.0 Å². The van der Waals surface area contributed by atoms with Crippen LogP contribution in [0.25, 0.3) is 267 Å². The highest BCUT2D eigenvalue weighted by atomic mass is 32.1. The van der Waals surface area contributed by atoms with Crippen LogP contribution in [0.4, 0.5) is 0 Å². The Labute approximate surface area is 795 Å². The normalized spacial score (nSPS) is 12.1. The minimum absolute atomic E-state index is 0.917. The maximum Gasteiger partial charge on any atom is 0.161 e. The van der Waals surface area contributed by atoms with Gasteiger partial charge in [-0.1, -0.05) is 358 Å². The molecule has 8 heteroatoms. The molecule has 137 heavy (non-hydrogen) atoms. The molecule has 1 aliphatic rings. The summed E-state index contributed by atoms with van der Waals surface area (Å²) in [5.41, 5.74) is 38.0. The van der Waals surface area contributed by atoms with Gasteiger partial charge in [-0.05, 0) is 221 Å². The van der Waals surface area contributed by atoms with Crippen LogP contribution in [0.1, 0.15) is 11.1 Å². The third kappa shape index (κ3) is 12.6. The molecule has 1 aliphatic carbocycles. The molecule has 0 saturated carbocycles. The second-order valence-electron chi connectivity index (χ2n) is 35.9. The molecule has 8 aromatic heterocycles. The van der Waals surface area contributed by atoms with E-state index in [0.29, 0.717) is 0 Å².